The third-order valence-corrected chi connectivity index (χ3v) is 7.47. The molecule has 1 aliphatic rings. The van der Waals surface area contributed by atoms with Crippen molar-refractivity contribution in [2.24, 2.45) is 17.6 Å². The van der Waals surface area contributed by atoms with Crippen LogP contribution in [0.25, 0.3) is 0 Å². The summed E-state index contributed by atoms with van der Waals surface area (Å²) in [4.78, 5) is 12.9. The van der Waals surface area contributed by atoms with Gasteiger partial charge in [0.2, 0.25) is 5.91 Å². The lowest BCUT2D eigenvalue weighted by atomic mass is 9.83. The summed E-state index contributed by atoms with van der Waals surface area (Å²) in [6.45, 7) is 5.70. The number of benzene rings is 2. The number of rotatable bonds is 16. The molecule has 3 unspecified atom stereocenters. The van der Waals surface area contributed by atoms with Crippen molar-refractivity contribution in [1.82, 2.24) is 5.32 Å². The summed E-state index contributed by atoms with van der Waals surface area (Å²) < 4.78 is 16.5. The lowest BCUT2D eigenvalue weighted by Crippen LogP contribution is -2.47. The Morgan fingerprint density at radius 1 is 1.08 bits per heavy atom. The first-order valence-electron chi connectivity index (χ1n) is 13.4. The molecule has 1 amide bonds. The summed E-state index contributed by atoms with van der Waals surface area (Å²) in [5.41, 5.74) is 8.16. The molecular formula is C30H44N2O5. The van der Waals surface area contributed by atoms with Gasteiger partial charge in [-0.05, 0) is 60.8 Å². The van der Waals surface area contributed by atoms with E-state index in [0.717, 1.165) is 42.6 Å². The molecule has 0 bridgehead atoms. The molecule has 0 aromatic heterocycles. The first-order chi connectivity index (χ1) is 17.8. The first-order valence-corrected chi connectivity index (χ1v) is 13.4. The number of nitrogens with two attached hydrogens (primary N) is 1. The van der Waals surface area contributed by atoms with Crippen LogP contribution in [0.1, 0.15) is 50.7 Å². The summed E-state index contributed by atoms with van der Waals surface area (Å²) in [5.74, 6) is 2.02. The van der Waals surface area contributed by atoms with Crippen molar-refractivity contribution in [3.05, 3.63) is 59.7 Å². The Hall–Kier alpha value is -2.61. The molecule has 3 atom stereocenters. The van der Waals surface area contributed by atoms with Gasteiger partial charge in [-0.25, -0.2) is 0 Å². The van der Waals surface area contributed by atoms with Gasteiger partial charge in [0.25, 0.3) is 0 Å². The molecule has 0 heterocycles. The first kappa shape index (κ1) is 29.0. The average molecular weight is 513 g/mol. The minimum Gasteiger partial charge on any atom is -0.493 e. The molecule has 0 aliphatic heterocycles. The molecule has 37 heavy (non-hydrogen) atoms. The lowest BCUT2D eigenvalue weighted by Gasteiger charge is -2.28. The Balaban J connectivity index is 1.55. The molecule has 1 saturated carbocycles. The quantitative estimate of drug-likeness (QED) is 0.295. The van der Waals surface area contributed by atoms with Gasteiger partial charge in [-0.3, -0.25) is 4.79 Å². The zero-order valence-corrected chi connectivity index (χ0v) is 22.7. The van der Waals surface area contributed by atoms with Gasteiger partial charge < -0.3 is 30.4 Å². The standard InChI is InChI=1S/C30H44N2O5/c1-21(2)23(17-22-11-12-27(36-4)28(18-22)37-16-8-15-35-3)19-25(31)26(33)20-32-29(34)30(13-14-30)24-9-6-5-7-10-24/h5-7,9-12,18,21,23,25-26,33H,8,13-17,19-20,31H2,1-4H3,(H,32,34). The molecule has 0 spiro atoms. The van der Waals surface area contributed by atoms with Gasteiger partial charge in [-0.1, -0.05) is 50.2 Å². The molecule has 7 heteroatoms. The Labute approximate surface area is 221 Å². The van der Waals surface area contributed by atoms with Crippen LogP contribution < -0.4 is 20.5 Å². The van der Waals surface area contributed by atoms with Crippen molar-refractivity contribution in [3.63, 3.8) is 0 Å². The SMILES string of the molecule is COCCCOc1cc(CC(CC(N)C(O)CNC(=O)C2(c3ccccc3)CC2)C(C)C)ccc1OC. The van der Waals surface area contributed by atoms with Gasteiger partial charge in [-0.2, -0.15) is 0 Å². The molecular weight excluding hydrogens is 468 g/mol. The van der Waals surface area contributed by atoms with E-state index >= 15 is 0 Å². The van der Waals surface area contributed by atoms with E-state index in [4.69, 9.17) is 19.9 Å². The Kier molecular flexibility index (Phi) is 10.8. The number of carbonyl (C=O) groups is 1. The number of nitrogens with one attached hydrogen (secondary N) is 1. The fourth-order valence-corrected chi connectivity index (χ4v) is 4.79. The maximum Gasteiger partial charge on any atom is 0.230 e. The topological polar surface area (TPSA) is 103 Å². The van der Waals surface area contributed by atoms with E-state index in [0.29, 0.717) is 31.3 Å². The number of hydrogen-bond acceptors (Lipinski definition) is 6. The summed E-state index contributed by atoms with van der Waals surface area (Å²) in [6, 6.07) is 15.4. The van der Waals surface area contributed by atoms with Crippen LogP contribution in [-0.2, 0) is 21.4 Å². The summed E-state index contributed by atoms with van der Waals surface area (Å²) in [7, 11) is 3.31. The van der Waals surface area contributed by atoms with Gasteiger partial charge >= 0.3 is 0 Å². The summed E-state index contributed by atoms with van der Waals surface area (Å²) in [5, 5.41) is 13.7. The number of aliphatic hydroxyl groups is 1. The van der Waals surface area contributed by atoms with Gasteiger partial charge in [0.1, 0.15) is 0 Å². The fraction of sp³-hybridized carbons (Fsp3) is 0.567. The maximum absolute atomic E-state index is 12.9. The second-order valence-corrected chi connectivity index (χ2v) is 10.5. The number of ether oxygens (including phenoxy) is 3. The summed E-state index contributed by atoms with van der Waals surface area (Å²) >= 11 is 0. The van der Waals surface area contributed by atoms with Crippen LogP contribution in [-0.4, -0.2) is 57.1 Å². The molecule has 0 saturated heterocycles. The highest BCUT2D eigenvalue weighted by atomic mass is 16.5. The molecule has 0 radical (unpaired) electrons. The van der Waals surface area contributed by atoms with Crippen molar-refractivity contribution in [2.45, 2.75) is 63.5 Å². The lowest BCUT2D eigenvalue weighted by molar-refractivity contribution is -0.124. The van der Waals surface area contributed by atoms with E-state index < -0.39 is 17.6 Å². The van der Waals surface area contributed by atoms with Crippen LogP contribution in [0.3, 0.4) is 0 Å². The predicted molar refractivity (Wildman–Crippen MR) is 146 cm³/mol. The van der Waals surface area contributed by atoms with Crippen molar-refractivity contribution in [2.75, 3.05) is 34.0 Å². The van der Waals surface area contributed by atoms with E-state index in [9.17, 15) is 9.90 Å². The van der Waals surface area contributed by atoms with Gasteiger partial charge in [0.15, 0.2) is 11.5 Å². The van der Waals surface area contributed by atoms with Crippen LogP contribution in [0, 0.1) is 11.8 Å². The number of methoxy groups -OCH3 is 2. The number of hydrogen-bond donors (Lipinski definition) is 3. The van der Waals surface area contributed by atoms with Crippen LogP contribution >= 0.6 is 0 Å². The highest BCUT2D eigenvalue weighted by Gasteiger charge is 2.51. The van der Waals surface area contributed by atoms with E-state index in [1.807, 2.05) is 42.5 Å². The fourth-order valence-electron chi connectivity index (χ4n) is 4.79. The minimum absolute atomic E-state index is 0.0263. The molecule has 1 fully saturated rings. The predicted octanol–water partition coefficient (Wildman–Crippen LogP) is 3.85. The molecule has 4 N–H and O–H groups in total. The van der Waals surface area contributed by atoms with Crippen LogP contribution in [0.4, 0.5) is 0 Å². The van der Waals surface area contributed by atoms with Crippen molar-refractivity contribution >= 4 is 5.91 Å². The Bertz CT molecular complexity index is 977. The monoisotopic (exact) mass is 512 g/mol. The Morgan fingerprint density at radius 2 is 1.81 bits per heavy atom. The van der Waals surface area contributed by atoms with Crippen molar-refractivity contribution in [1.29, 1.82) is 0 Å². The zero-order chi connectivity index (χ0) is 26.8. The smallest absolute Gasteiger partial charge is 0.230 e. The Morgan fingerprint density at radius 3 is 2.43 bits per heavy atom. The molecule has 2 aromatic carbocycles. The van der Waals surface area contributed by atoms with Crippen molar-refractivity contribution < 1.29 is 24.1 Å². The van der Waals surface area contributed by atoms with Gasteiger partial charge in [0, 0.05) is 32.7 Å². The number of carbonyl (C=O) groups excluding carboxylic acids is 1. The third kappa shape index (κ3) is 7.94. The van der Waals surface area contributed by atoms with Crippen molar-refractivity contribution in [3.8, 4) is 11.5 Å². The van der Waals surface area contributed by atoms with Gasteiger partial charge in [0.05, 0.1) is 25.2 Å². The van der Waals surface area contributed by atoms with Crippen LogP contribution in [0.15, 0.2) is 48.5 Å². The molecule has 1 aliphatic carbocycles. The molecule has 7 nitrogen and oxygen atoms in total. The van der Waals surface area contributed by atoms with Gasteiger partial charge in [-0.15, -0.1) is 0 Å². The van der Waals surface area contributed by atoms with E-state index in [1.165, 1.54) is 0 Å². The van der Waals surface area contributed by atoms with Crippen LogP contribution in [0.2, 0.25) is 0 Å². The molecule has 3 rings (SSSR count). The average Bonchev–Trinajstić information content (AvgIpc) is 3.72. The number of amides is 1. The van der Waals surface area contributed by atoms with E-state index in [1.54, 1.807) is 14.2 Å². The highest BCUT2D eigenvalue weighted by Crippen LogP contribution is 2.48. The zero-order valence-electron chi connectivity index (χ0n) is 22.7. The maximum atomic E-state index is 12.9. The second-order valence-electron chi connectivity index (χ2n) is 10.5. The summed E-state index contributed by atoms with van der Waals surface area (Å²) in [6.07, 6.45) is 3.11. The highest BCUT2D eigenvalue weighted by molar-refractivity contribution is 5.91. The number of aliphatic hydroxyl groups excluding tert-OH is 1. The van der Waals surface area contributed by atoms with E-state index in [-0.39, 0.29) is 18.4 Å². The second kappa shape index (κ2) is 13.8. The molecule has 2 aromatic rings. The third-order valence-electron chi connectivity index (χ3n) is 7.47. The van der Waals surface area contributed by atoms with Crippen LogP contribution in [0.5, 0.6) is 11.5 Å². The largest absolute Gasteiger partial charge is 0.493 e. The molecule has 204 valence electrons. The normalized spacial score (nSPS) is 16.6. The van der Waals surface area contributed by atoms with E-state index in [2.05, 4.69) is 25.2 Å². The minimum atomic E-state index is -0.813.